The van der Waals surface area contributed by atoms with E-state index in [1.165, 1.54) is 0 Å². The van der Waals surface area contributed by atoms with Crippen molar-refractivity contribution in [2.75, 3.05) is 6.61 Å². The average Bonchev–Trinajstić information content (AvgIpc) is 2.09. The number of rotatable bonds is 3. The zero-order valence-corrected chi connectivity index (χ0v) is 7.40. The molecule has 1 aromatic carbocycles. The highest BCUT2D eigenvalue weighted by molar-refractivity contribution is 5.76. The minimum Gasteiger partial charge on any atom is -0.481 e. The Morgan fingerprint density at radius 2 is 2.08 bits per heavy atom. The average molecular weight is 180 g/mol. The maximum atomic E-state index is 10.7. The summed E-state index contributed by atoms with van der Waals surface area (Å²) in [5, 5.41) is 17.7. The summed E-state index contributed by atoms with van der Waals surface area (Å²) in [6, 6.07) is 7.17. The summed E-state index contributed by atoms with van der Waals surface area (Å²) < 4.78 is 0. The Bertz CT molecular complexity index is 307. The smallest absolute Gasteiger partial charge is 0.313 e. The number of hydrogen-bond donors (Lipinski definition) is 2. The van der Waals surface area contributed by atoms with Crippen molar-refractivity contribution in [1.82, 2.24) is 0 Å². The van der Waals surface area contributed by atoms with Crippen molar-refractivity contribution in [3.8, 4) is 0 Å². The largest absolute Gasteiger partial charge is 0.481 e. The molecule has 1 atom stereocenters. The summed E-state index contributed by atoms with van der Waals surface area (Å²) in [5.74, 6) is -1.79. The second-order valence-corrected chi connectivity index (χ2v) is 2.93. The third-order valence-electron chi connectivity index (χ3n) is 2.04. The molecule has 1 aromatic rings. The number of carbonyl (C=O) groups is 1. The number of carboxylic acids is 1. The molecule has 0 aliphatic heterocycles. The molecule has 0 spiro atoms. The van der Waals surface area contributed by atoms with Gasteiger partial charge in [-0.25, -0.2) is 0 Å². The van der Waals surface area contributed by atoms with Crippen molar-refractivity contribution < 1.29 is 15.0 Å². The summed E-state index contributed by atoms with van der Waals surface area (Å²) in [7, 11) is 0. The number of benzene rings is 1. The summed E-state index contributed by atoms with van der Waals surface area (Å²) in [5.41, 5.74) is 1.57. The van der Waals surface area contributed by atoms with Crippen LogP contribution in [0, 0.1) is 6.92 Å². The van der Waals surface area contributed by atoms with Crippen molar-refractivity contribution in [2.45, 2.75) is 12.8 Å². The Labute approximate surface area is 76.6 Å². The number of aliphatic carboxylic acids is 1. The highest BCUT2D eigenvalue weighted by Gasteiger charge is 2.19. The van der Waals surface area contributed by atoms with Crippen LogP contribution >= 0.6 is 0 Å². The Hall–Kier alpha value is -1.35. The van der Waals surface area contributed by atoms with Gasteiger partial charge in [0, 0.05) is 0 Å². The number of aliphatic hydroxyl groups excluding tert-OH is 1. The first kappa shape index (κ1) is 9.74. The van der Waals surface area contributed by atoms with Crippen LogP contribution < -0.4 is 0 Å². The second kappa shape index (κ2) is 4.05. The molecule has 3 nitrogen and oxygen atoms in total. The van der Waals surface area contributed by atoms with Gasteiger partial charge in [-0.1, -0.05) is 24.3 Å². The molecule has 1 rings (SSSR count). The van der Waals surface area contributed by atoms with E-state index in [0.717, 1.165) is 5.56 Å². The van der Waals surface area contributed by atoms with Gasteiger partial charge in [-0.2, -0.15) is 0 Å². The van der Waals surface area contributed by atoms with Crippen molar-refractivity contribution in [3.05, 3.63) is 35.4 Å². The van der Waals surface area contributed by atoms with E-state index < -0.39 is 11.9 Å². The van der Waals surface area contributed by atoms with E-state index in [0.29, 0.717) is 5.56 Å². The SMILES string of the molecule is Cc1ccccc1C(CO)C(=O)O. The Kier molecular flexibility index (Phi) is 3.03. The Morgan fingerprint density at radius 1 is 1.46 bits per heavy atom. The van der Waals surface area contributed by atoms with Gasteiger partial charge in [0.25, 0.3) is 0 Å². The molecule has 1 unspecified atom stereocenters. The van der Waals surface area contributed by atoms with Crippen LogP contribution in [0.3, 0.4) is 0 Å². The molecule has 13 heavy (non-hydrogen) atoms. The van der Waals surface area contributed by atoms with Crippen molar-refractivity contribution in [3.63, 3.8) is 0 Å². The maximum absolute atomic E-state index is 10.7. The lowest BCUT2D eigenvalue weighted by Crippen LogP contribution is -2.16. The van der Waals surface area contributed by atoms with Crippen LogP contribution in [0.1, 0.15) is 17.0 Å². The number of aliphatic hydroxyl groups is 1. The van der Waals surface area contributed by atoms with Crippen molar-refractivity contribution in [1.29, 1.82) is 0 Å². The first-order valence-electron chi connectivity index (χ1n) is 4.06. The quantitative estimate of drug-likeness (QED) is 0.733. The molecule has 0 radical (unpaired) electrons. The zero-order valence-electron chi connectivity index (χ0n) is 7.40. The molecule has 0 aliphatic carbocycles. The van der Waals surface area contributed by atoms with Crippen molar-refractivity contribution in [2.24, 2.45) is 0 Å². The van der Waals surface area contributed by atoms with Crippen LogP contribution in [0.4, 0.5) is 0 Å². The molecule has 0 aliphatic rings. The van der Waals surface area contributed by atoms with Gasteiger partial charge >= 0.3 is 5.97 Å². The predicted molar refractivity (Wildman–Crippen MR) is 48.6 cm³/mol. The van der Waals surface area contributed by atoms with Crippen LogP contribution in [-0.4, -0.2) is 22.8 Å². The number of hydrogen-bond acceptors (Lipinski definition) is 2. The topological polar surface area (TPSA) is 57.5 Å². The highest BCUT2D eigenvalue weighted by atomic mass is 16.4. The lowest BCUT2D eigenvalue weighted by molar-refractivity contribution is -0.139. The van der Waals surface area contributed by atoms with Gasteiger partial charge < -0.3 is 10.2 Å². The van der Waals surface area contributed by atoms with E-state index in [1.807, 2.05) is 19.1 Å². The number of aryl methyl sites for hydroxylation is 1. The van der Waals surface area contributed by atoms with Crippen LogP contribution in [0.25, 0.3) is 0 Å². The van der Waals surface area contributed by atoms with Gasteiger partial charge in [-0.05, 0) is 18.1 Å². The molecule has 0 saturated heterocycles. The third-order valence-corrected chi connectivity index (χ3v) is 2.04. The fourth-order valence-corrected chi connectivity index (χ4v) is 1.29. The van der Waals surface area contributed by atoms with Crippen LogP contribution in [0.15, 0.2) is 24.3 Å². The molecule has 2 N–H and O–H groups in total. The first-order chi connectivity index (χ1) is 6.16. The fraction of sp³-hybridized carbons (Fsp3) is 0.300. The highest BCUT2D eigenvalue weighted by Crippen LogP contribution is 2.19. The van der Waals surface area contributed by atoms with Gasteiger partial charge in [-0.3, -0.25) is 4.79 Å². The summed E-state index contributed by atoms with van der Waals surface area (Å²) in [4.78, 5) is 10.7. The van der Waals surface area contributed by atoms with Crippen LogP contribution in [-0.2, 0) is 4.79 Å². The lowest BCUT2D eigenvalue weighted by atomic mass is 9.96. The first-order valence-corrected chi connectivity index (χ1v) is 4.06. The van der Waals surface area contributed by atoms with E-state index >= 15 is 0 Å². The fourth-order valence-electron chi connectivity index (χ4n) is 1.29. The Morgan fingerprint density at radius 3 is 2.54 bits per heavy atom. The molecule has 3 heteroatoms. The van der Waals surface area contributed by atoms with Crippen LogP contribution in [0.5, 0.6) is 0 Å². The van der Waals surface area contributed by atoms with E-state index in [9.17, 15) is 4.79 Å². The van der Waals surface area contributed by atoms with Crippen LogP contribution in [0.2, 0.25) is 0 Å². The molecular weight excluding hydrogens is 168 g/mol. The van der Waals surface area contributed by atoms with E-state index in [-0.39, 0.29) is 6.61 Å². The van der Waals surface area contributed by atoms with Gasteiger partial charge in [0.2, 0.25) is 0 Å². The van der Waals surface area contributed by atoms with Gasteiger partial charge in [0.15, 0.2) is 0 Å². The zero-order chi connectivity index (χ0) is 9.84. The van der Waals surface area contributed by atoms with Gasteiger partial charge in [-0.15, -0.1) is 0 Å². The van der Waals surface area contributed by atoms with Crippen molar-refractivity contribution >= 4 is 5.97 Å². The van der Waals surface area contributed by atoms with Gasteiger partial charge in [0.1, 0.15) is 5.92 Å². The molecule has 0 amide bonds. The molecule has 0 aromatic heterocycles. The summed E-state index contributed by atoms with van der Waals surface area (Å²) >= 11 is 0. The minimum absolute atomic E-state index is 0.361. The van der Waals surface area contributed by atoms with E-state index in [2.05, 4.69) is 0 Å². The molecular formula is C10H12O3. The summed E-state index contributed by atoms with van der Waals surface area (Å²) in [6.45, 7) is 1.47. The number of carboxylic acid groups (broad SMARTS) is 1. The summed E-state index contributed by atoms with van der Waals surface area (Å²) in [6.07, 6.45) is 0. The molecule has 0 fully saturated rings. The molecule has 0 bridgehead atoms. The molecule has 70 valence electrons. The Balaban J connectivity index is 3.04. The maximum Gasteiger partial charge on any atom is 0.313 e. The lowest BCUT2D eigenvalue weighted by Gasteiger charge is -2.11. The standard InChI is InChI=1S/C10H12O3/c1-7-4-2-3-5-8(7)9(6-11)10(12)13/h2-5,9,11H,6H2,1H3,(H,12,13). The van der Waals surface area contributed by atoms with E-state index in [4.69, 9.17) is 10.2 Å². The predicted octanol–water partition coefficient (Wildman–Crippen LogP) is 1.16. The van der Waals surface area contributed by atoms with E-state index in [1.54, 1.807) is 12.1 Å². The van der Waals surface area contributed by atoms with Gasteiger partial charge in [0.05, 0.1) is 6.61 Å². The monoisotopic (exact) mass is 180 g/mol. The normalized spacial score (nSPS) is 12.5. The minimum atomic E-state index is -0.989. The molecule has 0 saturated carbocycles. The second-order valence-electron chi connectivity index (χ2n) is 2.93. The third kappa shape index (κ3) is 2.06. The molecule has 0 heterocycles.